The first-order valence-electron chi connectivity index (χ1n) is 3.97. The Morgan fingerprint density at radius 1 is 1.25 bits per heavy atom. The van der Waals surface area contributed by atoms with Crippen LogP contribution in [-0.4, -0.2) is 11.8 Å². The molecule has 0 atom stereocenters. The summed E-state index contributed by atoms with van der Waals surface area (Å²) in [6, 6.07) is 7.93. The molecule has 0 unspecified atom stereocenters. The van der Waals surface area contributed by atoms with E-state index >= 15 is 0 Å². The van der Waals surface area contributed by atoms with Crippen molar-refractivity contribution in [1.29, 1.82) is 0 Å². The largest absolute Gasteiger partial charge is 0.381 e. The van der Waals surface area contributed by atoms with Crippen LogP contribution in [0.15, 0.2) is 24.3 Å². The zero-order chi connectivity index (χ0) is 8.81. The summed E-state index contributed by atoms with van der Waals surface area (Å²) in [6.45, 7) is 1.21. The highest BCUT2D eigenvalue weighted by Gasteiger charge is 1.97. The quantitative estimate of drug-likeness (QED) is 0.559. The lowest BCUT2D eigenvalue weighted by Crippen LogP contribution is -2.15. The zero-order valence-electron chi connectivity index (χ0n) is 6.96. The molecule has 0 amide bonds. The minimum atomic E-state index is -0.00109. The summed E-state index contributed by atoms with van der Waals surface area (Å²) in [5.41, 5.74) is 7.80. The minimum absolute atomic E-state index is 0.00109. The van der Waals surface area contributed by atoms with E-state index in [1.54, 1.807) is 0 Å². The van der Waals surface area contributed by atoms with E-state index in [-0.39, 0.29) is 6.73 Å². The molecule has 3 heteroatoms. The fourth-order valence-corrected chi connectivity index (χ4v) is 1.12. The SMILES string of the molecule is NCc1ccccc1CNCO. The van der Waals surface area contributed by atoms with E-state index in [4.69, 9.17) is 10.8 Å². The van der Waals surface area contributed by atoms with Crippen LogP contribution in [-0.2, 0) is 13.1 Å². The normalized spacial score (nSPS) is 10.2. The highest BCUT2D eigenvalue weighted by atomic mass is 16.3. The van der Waals surface area contributed by atoms with Gasteiger partial charge in [0.15, 0.2) is 0 Å². The maximum Gasteiger partial charge on any atom is 0.0934 e. The molecule has 3 nitrogen and oxygen atoms in total. The second-order valence-electron chi connectivity index (χ2n) is 2.56. The molecule has 0 fully saturated rings. The summed E-state index contributed by atoms with van der Waals surface area (Å²) in [7, 11) is 0. The third kappa shape index (κ3) is 2.30. The lowest BCUT2D eigenvalue weighted by molar-refractivity contribution is 0.259. The molecule has 0 aliphatic carbocycles. The molecule has 0 aliphatic rings. The Bertz CT molecular complexity index is 238. The number of aliphatic hydroxyl groups excluding tert-OH is 1. The van der Waals surface area contributed by atoms with Crippen molar-refractivity contribution in [2.45, 2.75) is 13.1 Å². The molecule has 0 spiro atoms. The molecule has 1 rings (SSSR count). The molecule has 0 bridgehead atoms. The fourth-order valence-electron chi connectivity index (χ4n) is 1.12. The van der Waals surface area contributed by atoms with E-state index in [0.29, 0.717) is 13.1 Å². The number of rotatable bonds is 4. The topological polar surface area (TPSA) is 58.3 Å². The molecule has 0 aromatic heterocycles. The van der Waals surface area contributed by atoms with Crippen molar-refractivity contribution in [3.8, 4) is 0 Å². The second-order valence-corrected chi connectivity index (χ2v) is 2.56. The van der Waals surface area contributed by atoms with Crippen LogP contribution in [0.5, 0.6) is 0 Å². The number of hydrogen-bond acceptors (Lipinski definition) is 3. The molecule has 12 heavy (non-hydrogen) atoms. The number of nitrogens with two attached hydrogens (primary N) is 1. The van der Waals surface area contributed by atoms with Crippen LogP contribution < -0.4 is 11.1 Å². The van der Waals surface area contributed by atoms with Crippen molar-refractivity contribution < 1.29 is 5.11 Å². The number of nitrogens with one attached hydrogen (secondary N) is 1. The lowest BCUT2D eigenvalue weighted by Gasteiger charge is -2.06. The maximum atomic E-state index is 8.55. The molecule has 4 N–H and O–H groups in total. The highest BCUT2D eigenvalue weighted by molar-refractivity contribution is 5.26. The lowest BCUT2D eigenvalue weighted by atomic mass is 10.1. The van der Waals surface area contributed by atoms with Crippen molar-refractivity contribution in [1.82, 2.24) is 5.32 Å². The number of hydrogen-bond donors (Lipinski definition) is 3. The molecular formula is C9H14N2O. The first kappa shape index (κ1) is 9.19. The molecule has 1 aromatic rings. The van der Waals surface area contributed by atoms with Gasteiger partial charge in [-0.1, -0.05) is 24.3 Å². The predicted molar refractivity (Wildman–Crippen MR) is 48.3 cm³/mol. The van der Waals surface area contributed by atoms with E-state index in [1.807, 2.05) is 24.3 Å². The monoisotopic (exact) mass is 166 g/mol. The van der Waals surface area contributed by atoms with Gasteiger partial charge >= 0.3 is 0 Å². The van der Waals surface area contributed by atoms with Gasteiger partial charge in [0.25, 0.3) is 0 Å². The minimum Gasteiger partial charge on any atom is -0.381 e. The Kier molecular flexibility index (Phi) is 3.73. The smallest absolute Gasteiger partial charge is 0.0934 e. The Hall–Kier alpha value is -0.900. The maximum absolute atomic E-state index is 8.55. The summed E-state index contributed by atoms with van der Waals surface area (Å²) in [4.78, 5) is 0. The summed E-state index contributed by atoms with van der Waals surface area (Å²) in [5.74, 6) is 0. The number of aliphatic hydroxyl groups is 1. The average molecular weight is 166 g/mol. The van der Waals surface area contributed by atoms with Crippen LogP contribution in [0.2, 0.25) is 0 Å². The van der Waals surface area contributed by atoms with Crippen LogP contribution in [0.4, 0.5) is 0 Å². The Morgan fingerprint density at radius 2 is 1.92 bits per heavy atom. The van der Waals surface area contributed by atoms with E-state index in [2.05, 4.69) is 5.32 Å². The second kappa shape index (κ2) is 4.87. The summed E-state index contributed by atoms with van der Waals surface area (Å²) in [6.07, 6.45) is 0. The van der Waals surface area contributed by atoms with Gasteiger partial charge in [-0.25, -0.2) is 0 Å². The molecule has 0 saturated carbocycles. The molecule has 0 aliphatic heterocycles. The average Bonchev–Trinajstić information content (AvgIpc) is 2.15. The van der Waals surface area contributed by atoms with Gasteiger partial charge < -0.3 is 10.8 Å². The van der Waals surface area contributed by atoms with Gasteiger partial charge in [0.1, 0.15) is 0 Å². The van der Waals surface area contributed by atoms with Gasteiger partial charge in [-0.3, -0.25) is 5.32 Å². The standard InChI is InChI=1S/C9H14N2O/c10-5-8-3-1-2-4-9(8)6-11-7-12/h1-4,11-12H,5-7,10H2. The fraction of sp³-hybridized carbons (Fsp3) is 0.333. The van der Waals surface area contributed by atoms with Crippen molar-refractivity contribution in [3.05, 3.63) is 35.4 Å². The number of benzene rings is 1. The van der Waals surface area contributed by atoms with Gasteiger partial charge in [0.05, 0.1) is 6.73 Å². The van der Waals surface area contributed by atoms with E-state index in [1.165, 1.54) is 0 Å². The zero-order valence-corrected chi connectivity index (χ0v) is 6.96. The third-order valence-electron chi connectivity index (χ3n) is 1.77. The van der Waals surface area contributed by atoms with Gasteiger partial charge in [-0.15, -0.1) is 0 Å². The molecule has 0 saturated heterocycles. The van der Waals surface area contributed by atoms with E-state index < -0.39 is 0 Å². The molecule has 1 aromatic carbocycles. The summed E-state index contributed by atoms with van der Waals surface area (Å²) >= 11 is 0. The van der Waals surface area contributed by atoms with Crippen molar-refractivity contribution in [2.75, 3.05) is 6.73 Å². The molecule has 0 heterocycles. The van der Waals surface area contributed by atoms with Crippen molar-refractivity contribution in [3.63, 3.8) is 0 Å². The summed E-state index contributed by atoms with van der Waals surface area (Å²) < 4.78 is 0. The van der Waals surface area contributed by atoms with Crippen LogP contribution in [0.3, 0.4) is 0 Å². The van der Waals surface area contributed by atoms with Crippen LogP contribution in [0.1, 0.15) is 11.1 Å². The Morgan fingerprint density at radius 3 is 2.50 bits per heavy atom. The van der Waals surface area contributed by atoms with Crippen LogP contribution in [0.25, 0.3) is 0 Å². The van der Waals surface area contributed by atoms with Crippen LogP contribution in [0, 0.1) is 0 Å². The Labute approximate surface area is 72.2 Å². The predicted octanol–water partition coefficient (Wildman–Crippen LogP) is 0.185. The van der Waals surface area contributed by atoms with E-state index in [0.717, 1.165) is 11.1 Å². The van der Waals surface area contributed by atoms with Crippen LogP contribution >= 0.6 is 0 Å². The van der Waals surface area contributed by atoms with Gasteiger partial charge in [-0.2, -0.15) is 0 Å². The Balaban J connectivity index is 2.68. The molecule has 0 radical (unpaired) electrons. The molecular weight excluding hydrogens is 152 g/mol. The van der Waals surface area contributed by atoms with E-state index in [9.17, 15) is 0 Å². The van der Waals surface area contributed by atoms with Crippen molar-refractivity contribution in [2.24, 2.45) is 5.73 Å². The first-order chi connectivity index (χ1) is 5.88. The van der Waals surface area contributed by atoms with Gasteiger partial charge in [0, 0.05) is 13.1 Å². The summed E-state index contributed by atoms with van der Waals surface area (Å²) in [5, 5.41) is 11.4. The van der Waals surface area contributed by atoms with Gasteiger partial charge in [0.2, 0.25) is 0 Å². The molecule has 66 valence electrons. The van der Waals surface area contributed by atoms with Crippen molar-refractivity contribution >= 4 is 0 Å². The highest BCUT2D eigenvalue weighted by Crippen LogP contribution is 2.06. The third-order valence-corrected chi connectivity index (χ3v) is 1.77. The van der Waals surface area contributed by atoms with Gasteiger partial charge in [-0.05, 0) is 11.1 Å². The first-order valence-corrected chi connectivity index (χ1v) is 3.97.